The van der Waals surface area contributed by atoms with E-state index in [0.29, 0.717) is 11.5 Å². The van der Waals surface area contributed by atoms with E-state index in [1.807, 2.05) is 12.1 Å². The molecule has 0 amide bonds. The average molecular weight is 276 g/mol. The van der Waals surface area contributed by atoms with E-state index in [1.165, 1.54) is 17.0 Å². The van der Waals surface area contributed by atoms with Gasteiger partial charge in [-0.1, -0.05) is 20.8 Å². The second-order valence-electron chi connectivity index (χ2n) is 5.96. The fourth-order valence-electron chi connectivity index (χ4n) is 2.85. The number of thiazole rings is 1. The molecule has 1 atom stereocenters. The summed E-state index contributed by atoms with van der Waals surface area (Å²) < 4.78 is 5.47. The highest BCUT2D eigenvalue weighted by molar-refractivity contribution is 7.15. The van der Waals surface area contributed by atoms with Crippen molar-refractivity contribution in [1.82, 2.24) is 10.3 Å². The Balaban J connectivity index is 2.00. The number of hydrogen-bond acceptors (Lipinski definition) is 4. The molecule has 4 heteroatoms. The zero-order chi connectivity index (χ0) is 13.5. The zero-order valence-electron chi connectivity index (χ0n) is 11.7. The minimum atomic E-state index is 0.314. The van der Waals surface area contributed by atoms with Gasteiger partial charge in [0.2, 0.25) is 0 Å². The van der Waals surface area contributed by atoms with E-state index in [-0.39, 0.29) is 0 Å². The third-order valence-corrected chi connectivity index (χ3v) is 4.86. The first-order chi connectivity index (χ1) is 9.09. The van der Waals surface area contributed by atoms with Gasteiger partial charge < -0.3 is 9.73 Å². The lowest BCUT2D eigenvalue weighted by molar-refractivity contribution is 0.260. The maximum Gasteiger partial charge on any atom is 0.162 e. The monoisotopic (exact) mass is 276 g/mol. The van der Waals surface area contributed by atoms with Crippen LogP contribution in [0.2, 0.25) is 0 Å². The molecule has 2 aromatic heterocycles. The van der Waals surface area contributed by atoms with Crippen LogP contribution in [0.25, 0.3) is 10.8 Å². The number of fused-ring (bicyclic) bond motifs is 1. The summed E-state index contributed by atoms with van der Waals surface area (Å²) in [5, 5.41) is 4.60. The number of nitrogens with one attached hydrogen (secondary N) is 1. The van der Waals surface area contributed by atoms with Gasteiger partial charge in [-0.3, -0.25) is 0 Å². The lowest BCUT2D eigenvalue weighted by Gasteiger charge is -2.34. The second kappa shape index (κ2) is 4.76. The van der Waals surface area contributed by atoms with E-state index in [4.69, 9.17) is 9.40 Å². The largest absolute Gasteiger partial charge is 0.462 e. The molecule has 3 nitrogen and oxygen atoms in total. The van der Waals surface area contributed by atoms with Crippen LogP contribution in [0, 0.1) is 5.41 Å². The van der Waals surface area contributed by atoms with Crippen molar-refractivity contribution in [2.24, 2.45) is 5.41 Å². The van der Waals surface area contributed by atoms with Crippen LogP contribution in [0.4, 0.5) is 0 Å². The molecule has 0 radical (unpaired) electrons. The van der Waals surface area contributed by atoms with E-state index in [2.05, 4.69) is 26.1 Å². The third-order valence-electron chi connectivity index (χ3n) is 3.63. The van der Waals surface area contributed by atoms with Crippen LogP contribution in [-0.4, -0.2) is 11.5 Å². The second-order valence-corrected chi connectivity index (χ2v) is 6.99. The summed E-state index contributed by atoms with van der Waals surface area (Å²) in [7, 11) is 0. The van der Waals surface area contributed by atoms with Crippen LogP contribution in [0.1, 0.15) is 43.8 Å². The van der Waals surface area contributed by atoms with Crippen molar-refractivity contribution in [2.75, 3.05) is 6.54 Å². The topological polar surface area (TPSA) is 38.1 Å². The molecular formula is C15H20N2OS. The number of rotatable bonds is 3. The van der Waals surface area contributed by atoms with Crippen molar-refractivity contribution in [2.45, 2.75) is 39.7 Å². The predicted octanol–water partition coefficient (Wildman–Crippen LogP) is 4.03. The number of nitrogens with zero attached hydrogens (tertiary/aromatic N) is 1. The van der Waals surface area contributed by atoms with Gasteiger partial charge in [0.15, 0.2) is 10.8 Å². The van der Waals surface area contributed by atoms with Crippen molar-refractivity contribution in [3.8, 4) is 10.8 Å². The molecular weight excluding hydrogens is 256 g/mol. The Morgan fingerprint density at radius 2 is 2.37 bits per heavy atom. The summed E-state index contributed by atoms with van der Waals surface area (Å²) in [6.45, 7) is 7.81. The number of furan rings is 1. The fraction of sp³-hybridized carbons (Fsp3) is 0.533. The first-order valence-electron chi connectivity index (χ1n) is 6.86. The quantitative estimate of drug-likeness (QED) is 0.920. The predicted molar refractivity (Wildman–Crippen MR) is 78.3 cm³/mol. The van der Waals surface area contributed by atoms with Crippen LogP contribution < -0.4 is 5.32 Å². The molecule has 0 aromatic carbocycles. The molecule has 2 heterocycles. The maximum absolute atomic E-state index is 5.47. The van der Waals surface area contributed by atoms with Gasteiger partial charge in [0, 0.05) is 10.9 Å². The first-order valence-corrected chi connectivity index (χ1v) is 7.67. The molecule has 1 N–H and O–H groups in total. The van der Waals surface area contributed by atoms with Crippen molar-refractivity contribution < 1.29 is 4.42 Å². The highest BCUT2D eigenvalue weighted by Gasteiger charge is 2.34. The van der Waals surface area contributed by atoms with E-state index in [0.717, 1.165) is 23.7 Å². The van der Waals surface area contributed by atoms with Crippen LogP contribution in [0.15, 0.2) is 22.8 Å². The molecule has 3 rings (SSSR count). The van der Waals surface area contributed by atoms with E-state index < -0.39 is 0 Å². The Morgan fingerprint density at radius 3 is 3.05 bits per heavy atom. The van der Waals surface area contributed by atoms with E-state index in [9.17, 15) is 0 Å². The van der Waals surface area contributed by atoms with Crippen LogP contribution in [-0.2, 0) is 6.42 Å². The van der Waals surface area contributed by atoms with Gasteiger partial charge in [-0.05, 0) is 36.9 Å². The molecule has 0 saturated carbocycles. The van der Waals surface area contributed by atoms with Gasteiger partial charge in [0.25, 0.3) is 0 Å². The molecule has 19 heavy (non-hydrogen) atoms. The van der Waals surface area contributed by atoms with Crippen LogP contribution in [0.5, 0.6) is 0 Å². The summed E-state index contributed by atoms with van der Waals surface area (Å²) in [5.74, 6) is 0.882. The van der Waals surface area contributed by atoms with E-state index in [1.54, 1.807) is 17.6 Å². The highest BCUT2D eigenvalue weighted by Crippen LogP contribution is 2.44. The lowest BCUT2D eigenvalue weighted by atomic mass is 9.76. The van der Waals surface area contributed by atoms with Gasteiger partial charge in [0.1, 0.15) is 0 Å². The highest BCUT2D eigenvalue weighted by atomic mass is 32.1. The number of hydrogen-bond donors (Lipinski definition) is 1. The fourth-order valence-corrected chi connectivity index (χ4v) is 3.98. The van der Waals surface area contributed by atoms with Crippen molar-refractivity contribution >= 4 is 11.3 Å². The molecule has 0 bridgehead atoms. The molecule has 0 saturated heterocycles. The first kappa shape index (κ1) is 12.9. The van der Waals surface area contributed by atoms with Gasteiger partial charge >= 0.3 is 0 Å². The molecule has 1 unspecified atom stereocenters. The molecule has 0 aliphatic heterocycles. The maximum atomic E-state index is 5.47. The summed E-state index contributed by atoms with van der Waals surface area (Å²) in [6.07, 6.45) is 3.94. The van der Waals surface area contributed by atoms with E-state index >= 15 is 0 Å². The standard InChI is InChI=1S/C15H20N2OS/c1-4-16-10-8-15(2,3)9-11-13(10)19-14(17-11)12-6-5-7-18-12/h5-7,10,16H,4,8-9H2,1-3H3. The number of aromatic nitrogens is 1. The molecule has 1 aliphatic carbocycles. The summed E-state index contributed by atoms with van der Waals surface area (Å²) in [4.78, 5) is 6.20. The van der Waals surface area contributed by atoms with Crippen molar-refractivity contribution in [1.29, 1.82) is 0 Å². The van der Waals surface area contributed by atoms with Gasteiger partial charge in [-0.2, -0.15) is 0 Å². The summed E-state index contributed by atoms with van der Waals surface area (Å²) in [5.41, 5.74) is 1.56. The molecule has 0 fully saturated rings. The smallest absolute Gasteiger partial charge is 0.162 e. The Morgan fingerprint density at radius 1 is 1.53 bits per heavy atom. The molecule has 1 aliphatic rings. The van der Waals surface area contributed by atoms with Crippen LogP contribution in [0.3, 0.4) is 0 Å². The molecule has 2 aromatic rings. The minimum Gasteiger partial charge on any atom is -0.462 e. The van der Waals surface area contributed by atoms with Gasteiger partial charge in [-0.15, -0.1) is 11.3 Å². The minimum absolute atomic E-state index is 0.314. The third kappa shape index (κ3) is 2.47. The normalized spacial score (nSPS) is 21.3. The Kier molecular flexibility index (Phi) is 3.23. The summed E-state index contributed by atoms with van der Waals surface area (Å²) in [6, 6.07) is 4.34. The lowest BCUT2D eigenvalue weighted by Crippen LogP contribution is -2.32. The average Bonchev–Trinajstić information content (AvgIpc) is 2.94. The Labute approximate surface area is 118 Å². The molecule has 0 spiro atoms. The zero-order valence-corrected chi connectivity index (χ0v) is 12.5. The van der Waals surface area contributed by atoms with Gasteiger partial charge in [-0.25, -0.2) is 4.98 Å². The SMILES string of the molecule is CCNC1CC(C)(C)Cc2nc(-c3ccco3)sc21. The Bertz CT molecular complexity index is 557. The summed E-state index contributed by atoms with van der Waals surface area (Å²) >= 11 is 1.77. The van der Waals surface area contributed by atoms with Gasteiger partial charge in [0.05, 0.1) is 12.0 Å². The van der Waals surface area contributed by atoms with Crippen molar-refractivity contribution in [3.63, 3.8) is 0 Å². The van der Waals surface area contributed by atoms with Crippen LogP contribution >= 0.6 is 11.3 Å². The molecule has 102 valence electrons. The Hall–Kier alpha value is -1.13. The van der Waals surface area contributed by atoms with Crippen molar-refractivity contribution in [3.05, 3.63) is 29.0 Å².